The number of nitrogens with zero attached hydrogens (tertiary/aromatic N) is 2. The molecule has 2 heterocycles. The Hall–Kier alpha value is -4.98. The molecule has 0 saturated carbocycles. The van der Waals surface area contributed by atoms with Crippen LogP contribution in [0.25, 0.3) is 0 Å². The number of ether oxygens (including phenoxy) is 2. The third-order valence-electron chi connectivity index (χ3n) is 5.69. The number of rotatable bonds is 6. The smallest absolute Gasteiger partial charge is 0.261 e. The molecule has 0 N–H and O–H groups in total. The summed E-state index contributed by atoms with van der Waals surface area (Å²) in [6.07, 6.45) is 2.64. The zero-order valence-electron chi connectivity index (χ0n) is 19.4. The van der Waals surface area contributed by atoms with Crippen molar-refractivity contribution < 1.29 is 28.7 Å². The summed E-state index contributed by atoms with van der Waals surface area (Å²) in [5, 5.41) is 0. The highest BCUT2D eigenvalue weighted by atomic mass is 16.5. The molecule has 0 bridgehead atoms. The van der Waals surface area contributed by atoms with Gasteiger partial charge in [0.05, 0.1) is 11.4 Å². The van der Waals surface area contributed by atoms with Crippen molar-refractivity contribution in [3.05, 3.63) is 96.1 Å². The van der Waals surface area contributed by atoms with Crippen LogP contribution in [0.3, 0.4) is 0 Å². The fourth-order valence-electron chi connectivity index (χ4n) is 3.84. The summed E-state index contributed by atoms with van der Waals surface area (Å²) in [5.74, 6) is 0.858. The topological polar surface area (TPSA) is 93.2 Å². The predicted molar refractivity (Wildman–Crippen MR) is 132 cm³/mol. The Morgan fingerprint density at radius 2 is 0.750 bits per heavy atom. The zero-order chi connectivity index (χ0) is 25.4. The standard InChI is InChI=1S/C28H20N2O6/c1-17-15-25(31)29(27(17)33)19-3-7-21(8-4-19)35-23-11-13-24(14-12-23)36-22-9-5-20(6-10-22)30-26(32)16-18(2)28(30)34/h3-16H,1-2H3. The van der Waals surface area contributed by atoms with Gasteiger partial charge in [0.15, 0.2) is 0 Å². The molecular weight excluding hydrogens is 460 g/mol. The van der Waals surface area contributed by atoms with E-state index in [4.69, 9.17) is 9.47 Å². The van der Waals surface area contributed by atoms with Crippen LogP contribution in [0.15, 0.2) is 96.1 Å². The molecule has 0 aliphatic carbocycles. The molecule has 0 spiro atoms. The van der Waals surface area contributed by atoms with E-state index in [0.717, 1.165) is 9.80 Å². The molecule has 0 aromatic heterocycles. The number of hydrogen-bond donors (Lipinski definition) is 0. The largest absolute Gasteiger partial charge is 0.457 e. The molecule has 3 aromatic rings. The Kier molecular flexibility index (Phi) is 5.69. The van der Waals surface area contributed by atoms with Gasteiger partial charge in [-0.2, -0.15) is 0 Å². The zero-order valence-corrected chi connectivity index (χ0v) is 19.4. The molecule has 8 nitrogen and oxygen atoms in total. The van der Waals surface area contributed by atoms with E-state index in [1.165, 1.54) is 12.2 Å². The van der Waals surface area contributed by atoms with Crippen LogP contribution in [0.2, 0.25) is 0 Å². The van der Waals surface area contributed by atoms with Gasteiger partial charge in [0.1, 0.15) is 23.0 Å². The molecular formula is C28H20N2O6. The summed E-state index contributed by atoms with van der Waals surface area (Å²) < 4.78 is 11.7. The van der Waals surface area contributed by atoms with Gasteiger partial charge in [-0.15, -0.1) is 0 Å². The number of carbonyl (C=O) groups excluding carboxylic acids is 4. The first-order valence-electron chi connectivity index (χ1n) is 11.1. The highest BCUT2D eigenvalue weighted by Gasteiger charge is 2.30. The molecule has 4 amide bonds. The van der Waals surface area contributed by atoms with Crippen LogP contribution < -0.4 is 19.3 Å². The lowest BCUT2D eigenvalue weighted by Crippen LogP contribution is -2.30. The predicted octanol–water partition coefficient (Wildman–Crippen LogP) is 4.91. The number of hydrogen-bond acceptors (Lipinski definition) is 6. The average molecular weight is 480 g/mol. The molecule has 2 aliphatic heterocycles. The molecule has 178 valence electrons. The lowest BCUT2D eigenvalue weighted by Gasteiger charge is -2.15. The van der Waals surface area contributed by atoms with Crippen LogP contribution in [-0.2, 0) is 19.2 Å². The summed E-state index contributed by atoms with van der Waals surface area (Å²) in [6.45, 7) is 3.22. The summed E-state index contributed by atoms with van der Waals surface area (Å²) >= 11 is 0. The first kappa shape index (κ1) is 22.8. The fourth-order valence-corrected chi connectivity index (χ4v) is 3.84. The van der Waals surface area contributed by atoms with Gasteiger partial charge in [0.25, 0.3) is 23.6 Å². The second kappa shape index (κ2) is 8.99. The van der Waals surface area contributed by atoms with E-state index < -0.39 is 0 Å². The molecule has 3 aromatic carbocycles. The minimum absolute atomic E-state index is 0.330. The van der Waals surface area contributed by atoms with Crippen LogP contribution in [0.1, 0.15) is 13.8 Å². The van der Waals surface area contributed by atoms with Crippen molar-refractivity contribution in [2.45, 2.75) is 13.8 Å². The van der Waals surface area contributed by atoms with E-state index in [2.05, 4.69) is 0 Å². The van der Waals surface area contributed by atoms with Crippen LogP contribution in [0.4, 0.5) is 11.4 Å². The Morgan fingerprint density at radius 1 is 0.472 bits per heavy atom. The van der Waals surface area contributed by atoms with Crippen LogP contribution in [-0.4, -0.2) is 23.6 Å². The number of carbonyl (C=O) groups is 4. The summed E-state index contributed by atoms with van der Waals surface area (Å²) in [7, 11) is 0. The van der Waals surface area contributed by atoms with Crippen molar-refractivity contribution in [3.63, 3.8) is 0 Å². The number of anilines is 2. The van der Waals surface area contributed by atoms with Crippen LogP contribution in [0, 0.1) is 0 Å². The van der Waals surface area contributed by atoms with Crippen molar-refractivity contribution >= 4 is 35.0 Å². The Morgan fingerprint density at radius 3 is 1.00 bits per heavy atom. The maximum atomic E-state index is 12.1. The summed E-state index contributed by atoms with van der Waals surface area (Å²) in [5.41, 5.74) is 1.76. The van der Waals surface area contributed by atoms with Gasteiger partial charge >= 0.3 is 0 Å². The fraction of sp³-hybridized carbons (Fsp3) is 0.0714. The van der Waals surface area contributed by atoms with Crippen molar-refractivity contribution in [3.8, 4) is 23.0 Å². The van der Waals surface area contributed by atoms with E-state index in [-0.39, 0.29) is 23.6 Å². The second-order valence-corrected chi connectivity index (χ2v) is 8.28. The van der Waals surface area contributed by atoms with Gasteiger partial charge in [-0.1, -0.05) is 0 Å². The third-order valence-corrected chi connectivity index (χ3v) is 5.69. The normalized spacial score (nSPS) is 15.4. The SMILES string of the molecule is CC1=CC(=O)N(c2ccc(Oc3ccc(Oc4ccc(N5C(=O)C=C(C)C5=O)cc4)cc3)cc2)C1=O. The summed E-state index contributed by atoms with van der Waals surface area (Å²) in [6, 6.07) is 20.3. The van der Waals surface area contributed by atoms with Crippen molar-refractivity contribution in [2.75, 3.05) is 9.80 Å². The first-order chi connectivity index (χ1) is 17.3. The lowest BCUT2D eigenvalue weighted by molar-refractivity contribution is -0.121. The van der Waals surface area contributed by atoms with E-state index >= 15 is 0 Å². The van der Waals surface area contributed by atoms with E-state index in [0.29, 0.717) is 45.5 Å². The van der Waals surface area contributed by atoms with Crippen LogP contribution in [0.5, 0.6) is 23.0 Å². The van der Waals surface area contributed by atoms with Gasteiger partial charge in [0.2, 0.25) is 0 Å². The quantitative estimate of drug-likeness (QED) is 0.466. The monoisotopic (exact) mass is 480 g/mol. The first-order valence-corrected chi connectivity index (χ1v) is 11.1. The van der Waals surface area contributed by atoms with E-state index in [9.17, 15) is 19.2 Å². The molecule has 0 atom stereocenters. The Labute approximate surface area is 206 Å². The van der Waals surface area contributed by atoms with Crippen molar-refractivity contribution in [1.29, 1.82) is 0 Å². The molecule has 0 fully saturated rings. The van der Waals surface area contributed by atoms with Gasteiger partial charge in [0, 0.05) is 23.3 Å². The van der Waals surface area contributed by atoms with Crippen molar-refractivity contribution in [2.24, 2.45) is 0 Å². The Balaban J connectivity index is 1.20. The van der Waals surface area contributed by atoms with Gasteiger partial charge < -0.3 is 9.47 Å². The van der Waals surface area contributed by atoms with Gasteiger partial charge in [-0.3, -0.25) is 19.2 Å². The maximum Gasteiger partial charge on any atom is 0.261 e. The number of amides is 4. The highest BCUT2D eigenvalue weighted by molar-refractivity contribution is 6.31. The van der Waals surface area contributed by atoms with Gasteiger partial charge in [-0.05, 0) is 86.6 Å². The number of imide groups is 2. The van der Waals surface area contributed by atoms with Crippen molar-refractivity contribution in [1.82, 2.24) is 0 Å². The van der Waals surface area contributed by atoms with Crippen LogP contribution >= 0.6 is 0 Å². The minimum Gasteiger partial charge on any atom is -0.457 e. The molecule has 0 saturated heterocycles. The highest BCUT2D eigenvalue weighted by Crippen LogP contribution is 2.31. The minimum atomic E-state index is -0.360. The van der Waals surface area contributed by atoms with Gasteiger partial charge in [-0.25, -0.2) is 9.80 Å². The molecule has 0 unspecified atom stereocenters. The molecule has 8 heteroatoms. The van der Waals surface area contributed by atoms with E-state index in [1.807, 2.05) is 0 Å². The third kappa shape index (κ3) is 4.27. The average Bonchev–Trinajstić information content (AvgIpc) is 3.27. The number of benzene rings is 3. The Bertz CT molecular complexity index is 1340. The lowest BCUT2D eigenvalue weighted by atomic mass is 10.2. The van der Waals surface area contributed by atoms with E-state index in [1.54, 1.807) is 86.6 Å². The maximum absolute atomic E-state index is 12.1. The summed E-state index contributed by atoms with van der Waals surface area (Å²) in [4.78, 5) is 50.5. The second-order valence-electron chi connectivity index (χ2n) is 8.28. The molecule has 5 rings (SSSR count). The molecule has 0 radical (unpaired) electrons. The molecule has 36 heavy (non-hydrogen) atoms. The molecule has 2 aliphatic rings.